The van der Waals surface area contributed by atoms with E-state index in [1.165, 1.54) is 11.1 Å². The Morgan fingerprint density at radius 2 is 1.95 bits per heavy atom. The van der Waals surface area contributed by atoms with Crippen LogP contribution in [0.25, 0.3) is 10.9 Å². The lowest BCUT2D eigenvalue weighted by molar-refractivity contribution is -0.143. The van der Waals surface area contributed by atoms with Crippen LogP contribution >= 0.6 is 23.4 Å². The number of benzene rings is 3. The van der Waals surface area contributed by atoms with Crippen LogP contribution in [0.15, 0.2) is 72.8 Å². The fourth-order valence-corrected chi connectivity index (χ4v) is 5.88. The van der Waals surface area contributed by atoms with Gasteiger partial charge in [0.25, 0.3) is 0 Å². The van der Waals surface area contributed by atoms with Crippen LogP contribution in [0.3, 0.4) is 0 Å². The van der Waals surface area contributed by atoms with Gasteiger partial charge in [-0.2, -0.15) is 0 Å². The summed E-state index contributed by atoms with van der Waals surface area (Å²) in [5.41, 5.74) is 5.15. The largest absolute Gasteiger partial charge is 0.489 e. The average Bonchev–Trinajstić information content (AvgIpc) is 3.06. The van der Waals surface area contributed by atoms with Gasteiger partial charge in [-0.1, -0.05) is 48.0 Å². The maximum atomic E-state index is 11.8. The third-order valence-corrected chi connectivity index (χ3v) is 7.80. The summed E-state index contributed by atoms with van der Waals surface area (Å²) in [6.07, 6.45) is 1.18. The van der Waals surface area contributed by atoms with Crippen molar-refractivity contribution in [3.8, 4) is 11.5 Å². The molecule has 0 aliphatic carbocycles. The van der Waals surface area contributed by atoms with Crippen LogP contribution < -0.4 is 9.47 Å². The predicted molar refractivity (Wildman–Crippen MR) is 148 cm³/mol. The first-order valence-electron chi connectivity index (χ1n) is 12.4. The number of hydrogen-bond acceptors (Lipinski definition) is 6. The number of halogens is 1. The number of pyridine rings is 1. The molecule has 2 heterocycles. The van der Waals surface area contributed by atoms with Crippen molar-refractivity contribution in [1.82, 2.24) is 4.98 Å². The lowest BCUT2D eigenvalue weighted by Crippen LogP contribution is -2.05. The monoisotopic (exact) mass is 533 g/mol. The predicted octanol–water partition coefficient (Wildman–Crippen LogP) is 7.53. The summed E-state index contributed by atoms with van der Waals surface area (Å²) in [5, 5.41) is 1.77. The van der Waals surface area contributed by atoms with E-state index in [2.05, 4.69) is 24.3 Å². The van der Waals surface area contributed by atoms with Crippen LogP contribution in [0.1, 0.15) is 47.4 Å². The highest BCUT2D eigenvalue weighted by atomic mass is 35.5. The van der Waals surface area contributed by atoms with Gasteiger partial charge in [0.1, 0.15) is 24.7 Å². The second-order valence-corrected chi connectivity index (χ2v) is 10.4. The minimum atomic E-state index is -0.145. The number of esters is 1. The standard InChI is InChI=1S/C30H28ClNO4S/c1-2-34-29(33)8-5-15-37-30-25-7-4-3-6-21(25)18-36-28-14-13-24(17-26(28)30)35-19-23-12-10-20-9-11-22(31)16-27(20)32-23/h3-4,6-7,9-14,16-17,30H,2,5,8,15,18-19H2,1H3. The lowest BCUT2D eigenvalue weighted by Gasteiger charge is -2.19. The minimum absolute atomic E-state index is 0.0698. The normalized spacial score (nSPS) is 14.3. The number of rotatable bonds is 9. The summed E-state index contributed by atoms with van der Waals surface area (Å²) < 4.78 is 17.4. The number of nitrogens with zero attached hydrogens (tertiary/aromatic N) is 1. The summed E-state index contributed by atoms with van der Waals surface area (Å²) >= 11 is 7.96. The number of thioether (sulfide) groups is 1. The molecule has 190 valence electrons. The number of aromatic nitrogens is 1. The smallest absolute Gasteiger partial charge is 0.305 e. The van der Waals surface area contributed by atoms with Gasteiger partial charge in [0.2, 0.25) is 0 Å². The average molecular weight is 534 g/mol. The van der Waals surface area contributed by atoms with Gasteiger partial charge in [-0.05, 0) is 66.6 Å². The third kappa shape index (κ3) is 6.20. The van der Waals surface area contributed by atoms with Gasteiger partial charge >= 0.3 is 5.97 Å². The van der Waals surface area contributed by atoms with Crippen molar-refractivity contribution in [3.05, 3.63) is 100 Å². The van der Waals surface area contributed by atoms with Crippen molar-refractivity contribution in [2.75, 3.05) is 12.4 Å². The van der Waals surface area contributed by atoms with E-state index in [0.29, 0.717) is 31.3 Å². The van der Waals surface area contributed by atoms with Gasteiger partial charge in [-0.25, -0.2) is 4.98 Å². The van der Waals surface area contributed by atoms with Gasteiger partial charge in [-0.3, -0.25) is 4.79 Å². The van der Waals surface area contributed by atoms with Gasteiger partial charge in [-0.15, -0.1) is 11.8 Å². The van der Waals surface area contributed by atoms with Crippen molar-refractivity contribution in [2.45, 2.75) is 38.2 Å². The molecule has 3 aromatic carbocycles. The zero-order valence-corrected chi connectivity index (χ0v) is 22.2. The molecule has 0 spiro atoms. The molecule has 1 aromatic heterocycles. The summed E-state index contributed by atoms with van der Waals surface area (Å²) in [7, 11) is 0. The molecular weight excluding hydrogens is 506 g/mol. The molecule has 0 saturated carbocycles. The van der Waals surface area contributed by atoms with Gasteiger partial charge in [0.15, 0.2) is 0 Å². The first kappa shape index (κ1) is 25.4. The highest BCUT2D eigenvalue weighted by Crippen LogP contribution is 2.45. The van der Waals surface area contributed by atoms with Crippen LogP contribution in [-0.4, -0.2) is 23.3 Å². The van der Waals surface area contributed by atoms with E-state index in [4.69, 9.17) is 30.8 Å². The van der Waals surface area contributed by atoms with Gasteiger partial charge in [0, 0.05) is 22.4 Å². The van der Waals surface area contributed by atoms with Crippen molar-refractivity contribution < 1.29 is 19.0 Å². The molecule has 1 unspecified atom stereocenters. The first-order valence-corrected chi connectivity index (χ1v) is 13.8. The SMILES string of the molecule is CCOC(=O)CCCSC1c2ccccc2COc2ccc(OCc3ccc4ccc(Cl)cc4n3)cc21. The Hall–Kier alpha value is -3.22. The summed E-state index contributed by atoms with van der Waals surface area (Å²) in [5.74, 6) is 2.29. The first-order chi connectivity index (χ1) is 18.1. The molecule has 0 bridgehead atoms. The molecule has 1 aliphatic heterocycles. The Balaban J connectivity index is 1.35. The van der Waals surface area contributed by atoms with Crippen molar-refractivity contribution >= 4 is 40.2 Å². The molecule has 0 radical (unpaired) electrons. The molecule has 0 amide bonds. The second-order valence-electron chi connectivity index (χ2n) is 8.77. The highest BCUT2D eigenvalue weighted by Gasteiger charge is 2.25. The summed E-state index contributed by atoms with van der Waals surface area (Å²) in [6, 6.07) is 24.1. The van der Waals surface area contributed by atoms with E-state index in [9.17, 15) is 4.79 Å². The highest BCUT2D eigenvalue weighted by molar-refractivity contribution is 7.99. The Morgan fingerprint density at radius 3 is 2.84 bits per heavy atom. The zero-order chi connectivity index (χ0) is 25.6. The third-order valence-electron chi connectivity index (χ3n) is 6.20. The van der Waals surface area contributed by atoms with Crippen LogP contribution in [-0.2, 0) is 22.7 Å². The lowest BCUT2D eigenvalue weighted by atomic mass is 10.00. The zero-order valence-electron chi connectivity index (χ0n) is 20.6. The van der Waals surface area contributed by atoms with Crippen LogP contribution in [0.4, 0.5) is 0 Å². The van der Waals surface area contributed by atoms with Crippen molar-refractivity contribution in [1.29, 1.82) is 0 Å². The Morgan fingerprint density at radius 1 is 1.08 bits per heavy atom. The number of fused-ring (bicyclic) bond motifs is 3. The van der Waals surface area contributed by atoms with E-state index >= 15 is 0 Å². The number of carbonyl (C=O) groups is 1. The molecule has 1 aliphatic rings. The van der Waals surface area contributed by atoms with E-state index in [0.717, 1.165) is 45.8 Å². The van der Waals surface area contributed by atoms with Gasteiger partial charge in [0.05, 0.1) is 23.1 Å². The molecule has 0 saturated heterocycles. The van der Waals surface area contributed by atoms with E-state index in [-0.39, 0.29) is 11.2 Å². The fraction of sp³-hybridized carbons (Fsp3) is 0.267. The van der Waals surface area contributed by atoms with E-state index in [1.54, 1.807) is 0 Å². The van der Waals surface area contributed by atoms with E-state index in [1.807, 2.05) is 67.2 Å². The molecule has 1 atom stereocenters. The number of hydrogen-bond donors (Lipinski definition) is 0. The summed E-state index contributed by atoms with van der Waals surface area (Å²) in [6.45, 7) is 3.11. The minimum Gasteiger partial charge on any atom is -0.489 e. The quantitative estimate of drug-likeness (QED) is 0.164. The summed E-state index contributed by atoms with van der Waals surface area (Å²) in [4.78, 5) is 16.5. The second kappa shape index (κ2) is 11.9. The van der Waals surface area contributed by atoms with Crippen molar-refractivity contribution in [3.63, 3.8) is 0 Å². The van der Waals surface area contributed by atoms with Gasteiger partial charge < -0.3 is 14.2 Å². The molecule has 0 fully saturated rings. The number of carbonyl (C=O) groups excluding carboxylic acids is 1. The maximum Gasteiger partial charge on any atom is 0.305 e. The van der Waals surface area contributed by atoms with E-state index < -0.39 is 0 Å². The van der Waals surface area contributed by atoms with Crippen LogP contribution in [0.2, 0.25) is 5.02 Å². The molecule has 4 aromatic rings. The maximum absolute atomic E-state index is 11.8. The topological polar surface area (TPSA) is 57.7 Å². The molecule has 5 rings (SSSR count). The molecule has 37 heavy (non-hydrogen) atoms. The van der Waals surface area contributed by atoms with Crippen molar-refractivity contribution in [2.24, 2.45) is 0 Å². The molecular formula is C30H28ClNO4S. The Bertz CT molecular complexity index is 1410. The molecule has 0 N–H and O–H groups in total. The van der Waals surface area contributed by atoms with Crippen LogP contribution in [0.5, 0.6) is 11.5 Å². The fourth-order valence-electron chi connectivity index (χ4n) is 4.40. The Labute approximate surface area is 226 Å². The number of ether oxygens (including phenoxy) is 3. The molecule has 7 heteroatoms. The van der Waals surface area contributed by atoms with Crippen LogP contribution in [0, 0.1) is 0 Å². The molecule has 5 nitrogen and oxygen atoms in total. The Kier molecular flexibility index (Phi) is 8.17.